The Morgan fingerprint density at radius 2 is 2.00 bits per heavy atom. The van der Waals surface area contributed by atoms with E-state index in [0.717, 1.165) is 28.4 Å². The molecule has 1 unspecified atom stereocenters. The Morgan fingerprint density at radius 1 is 1.24 bits per heavy atom. The molecule has 1 amide bonds. The Hall–Kier alpha value is -1.36. The fourth-order valence-electron chi connectivity index (χ4n) is 2.14. The Bertz CT molecular complexity index is 724. The number of amides is 1. The van der Waals surface area contributed by atoms with Gasteiger partial charge in [-0.05, 0) is 43.2 Å². The van der Waals surface area contributed by atoms with Crippen molar-refractivity contribution in [2.45, 2.75) is 25.7 Å². The van der Waals surface area contributed by atoms with Gasteiger partial charge in [0.05, 0.1) is 0 Å². The number of hydrogen-bond acceptors (Lipinski definition) is 3. The molecule has 6 heteroatoms. The van der Waals surface area contributed by atoms with Crippen LogP contribution in [0.4, 0.5) is 0 Å². The Balaban J connectivity index is 1.69. The van der Waals surface area contributed by atoms with E-state index in [1.807, 2.05) is 43.3 Å². The van der Waals surface area contributed by atoms with Gasteiger partial charge in [0.15, 0.2) is 6.10 Å². The van der Waals surface area contributed by atoms with Crippen molar-refractivity contribution in [3.63, 3.8) is 0 Å². The van der Waals surface area contributed by atoms with Crippen molar-refractivity contribution < 1.29 is 9.53 Å². The standard InChI is InChI=1S/C19H21Cl2NO2S/c1-13-5-3-4-6-18(13)24-14(2)19(23)22-9-10-25-12-15-7-8-16(20)11-17(15)21/h3-8,11,14H,9-10,12H2,1-2H3,(H,22,23). The van der Waals surface area contributed by atoms with Crippen LogP contribution in [-0.4, -0.2) is 24.3 Å². The van der Waals surface area contributed by atoms with Crippen LogP contribution in [0.2, 0.25) is 10.0 Å². The molecular formula is C19H21Cl2NO2S. The molecule has 0 bridgehead atoms. The highest BCUT2D eigenvalue weighted by atomic mass is 35.5. The SMILES string of the molecule is Cc1ccccc1OC(C)C(=O)NCCSCc1ccc(Cl)cc1Cl. The van der Waals surface area contributed by atoms with Crippen molar-refractivity contribution in [3.05, 3.63) is 63.6 Å². The fourth-order valence-corrected chi connectivity index (χ4v) is 3.56. The van der Waals surface area contributed by atoms with Crippen molar-refractivity contribution in [1.29, 1.82) is 0 Å². The molecule has 0 aliphatic rings. The summed E-state index contributed by atoms with van der Waals surface area (Å²) in [6, 6.07) is 13.2. The number of nitrogens with one attached hydrogen (secondary N) is 1. The van der Waals surface area contributed by atoms with Crippen molar-refractivity contribution in [1.82, 2.24) is 5.32 Å². The molecule has 2 aromatic carbocycles. The van der Waals surface area contributed by atoms with Crippen LogP contribution in [0.3, 0.4) is 0 Å². The van der Waals surface area contributed by atoms with E-state index in [9.17, 15) is 4.79 Å². The summed E-state index contributed by atoms with van der Waals surface area (Å²) in [5, 5.41) is 4.20. The highest BCUT2D eigenvalue weighted by Crippen LogP contribution is 2.24. The van der Waals surface area contributed by atoms with Crippen molar-refractivity contribution >= 4 is 40.9 Å². The summed E-state index contributed by atoms with van der Waals surface area (Å²) in [6.45, 7) is 4.29. The molecule has 1 N–H and O–H groups in total. The number of benzene rings is 2. The molecule has 0 aromatic heterocycles. The van der Waals surface area contributed by atoms with Gasteiger partial charge in [-0.1, -0.05) is 47.5 Å². The number of rotatable bonds is 8. The maximum absolute atomic E-state index is 12.1. The first kappa shape index (κ1) is 20.0. The van der Waals surface area contributed by atoms with Gasteiger partial charge in [0, 0.05) is 28.1 Å². The number of aryl methyl sites for hydroxylation is 1. The predicted molar refractivity (Wildman–Crippen MR) is 107 cm³/mol. The highest BCUT2D eigenvalue weighted by molar-refractivity contribution is 7.98. The molecule has 1 atom stereocenters. The van der Waals surface area contributed by atoms with Crippen LogP contribution in [0, 0.1) is 6.92 Å². The number of carbonyl (C=O) groups is 1. The zero-order valence-electron chi connectivity index (χ0n) is 14.2. The van der Waals surface area contributed by atoms with E-state index in [2.05, 4.69) is 5.32 Å². The lowest BCUT2D eigenvalue weighted by Crippen LogP contribution is -2.37. The fraction of sp³-hybridized carbons (Fsp3) is 0.316. The smallest absolute Gasteiger partial charge is 0.260 e. The Morgan fingerprint density at radius 3 is 2.72 bits per heavy atom. The molecule has 2 aromatic rings. The molecule has 3 nitrogen and oxygen atoms in total. The minimum absolute atomic E-state index is 0.117. The first-order valence-electron chi connectivity index (χ1n) is 7.99. The molecule has 2 rings (SSSR count). The minimum atomic E-state index is -0.531. The average Bonchev–Trinajstić information content (AvgIpc) is 2.58. The Kier molecular flexibility index (Phi) is 7.94. The molecule has 134 valence electrons. The largest absolute Gasteiger partial charge is 0.481 e. The third kappa shape index (κ3) is 6.46. The lowest BCUT2D eigenvalue weighted by Gasteiger charge is -2.16. The van der Waals surface area contributed by atoms with Gasteiger partial charge in [0.1, 0.15) is 5.75 Å². The zero-order valence-corrected chi connectivity index (χ0v) is 16.5. The van der Waals surface area contributed by atoms with Crippen LogP contribution in [0.15, 0.2) is 42.5 Å². The molecule has 0 heterocycles. The first-order chi connectivity index (χ1) is 12.0. The highest BCUT2D eigenvalue weighted by Gasteiger charge is 2.14. The number of hydrogen-bond donors (Lipinski definition) is 1. The van der Waals surface area contributed by atoms with Gasteiger partial charge in [0.2, 0.25) is 0 Å². The van der Waals surface area contributed by atoms with E-state index < -0.39 is 6.10 Å². The average molecular weight is 398 g/mol. The van der Waals surface area contributed by atoms with Crippen molar-refractivity contribution in [2.24, 2.45) is 0 Å². The summed E-state index contributed by atoms with van der Waals surface area (Å²) in [4.78, 5) is 12.1. The van der Waals surface area contributed by atoms with Crippen LogP contribution in [-0.2, 0) is 10.5 Å². The van der Waals surface area contributed by atoms with Crippen LogP contribution in [0.25, 0.3) is 0 Å². The summed E-state index contributed by atoms with van der Waals surface area (Å²) in [5.41, 5.74) is 2.05. The lowest BCUT2D eigenvalue weighted by molar-refractivity contribution is -0.127. The van der Waals surface area contributed by atoms with Gasteiger partial charge in [0.25, 0.3) is 5.91 Å². The first-order valence-corrected chi connectivity index (χ1v) is 9.90. The number of para-hydroxylation sites is 1. The molecule has 0 aliphatic heterocycles. The van der Waals surface area contributed by atoms with Gasteiger partial charge in [-0.25, -0.2) is 0 Å². The van der Waals surface area contributed by atoms with Crippen LogP contribution >= 0.6 is 35.0 Å². The van der Waals surface area contributed by atoms with Gasteiger partial charge in [-0.3, -0.25) is 4.79 Å². The van der Waals surface area contributed by atoms with Crippen LogP contribution in [0.5, 0.6) is 5.75 Å². The number of thioether (sulfide) groups is 1. The summed E-state index contributed by atoms with van der Waals surface area (Å²) < 4.78 is 5.71. The molecule has 0 fully saturated rings. The van der Waals surface area contributed by atoms with E-state index >= 15 is 0 Å². The second-order valence-corrected chi connectivity index (χ2v) is 7.55. The maximum Gasteiger partial charge on any atom is 0.260 e. The topological polar surface area (TPSA) is 38.3 Å². The molecule has 0 spiro atoms. The lowest BCUT2D eigenvalue weighted by atomic mass is 10.2. The van der Waals surface area contributed by atoms with Gasteiger partial charge >= 0.3 is 0 Å². The summed E-state index contributed by atoms with van der Waals surface area (Å²) >= 11 is 13.7. The normalized spacial score (nSPS) is 11.8. The van der Waals surface area contributed by atoms with E-state index in [1.165, 1.54) is 0 Å². The van der Waals surface area contributed by atoms with E-state index in [-0.39, 0.29) is 5.91 Å². The second kappa shape index (κ2) is 9.95. The van der Waals surface area contributed by atoms with Crippen molar-refractivity contribution in [3.8, 4) is 5.75 Å². The van der Waals surface area contributed by atoms with Gasteiger partial charge in [-0.15, -0.1) is 0 Å². The van der Waals surface area contributed by atoms with Gasteiger partial charge in [-0.2, -0.15) is 11.8 Å². The molecule has 0 aliphatic carbocycles. The molecular weight excluding hydrogens is 377 g/mol. The third-order valence-electron chi connectivity index (χ3n) is 3.58. The Labute approximate surface area is 163 Å². The number of carbonyl (C=O) groups excluding carboxylic acids is 1. The van der Waals surface area contributed by atoms with E-state index in [1.54, 1.807) is 24.8 Å². The summed E-state index contributed by atoms with van der Waals surface area (Å²) in [5.74, 6) is 2.19. The van der Waals surface area contributed by atoms with E-state index in [4.69, 9.17) is 27.9 Å². The predicted octanol–water partition coefficient (Wildman–Crippen LogP) is 5.12. The van der Waals surface area contributed by atoms with E-state index in [0.29, 0.717) is 16.6 Å². The summed E-state index contributed by atoms with van der Waals surface area (Å²) in [6.07, 6.45) is -0.531. The summed E-state index contributed by atoms with van der Waals surface area (Å²) in [7, 11) is 0. The van der Waals surface area contributed by atoms with Crippen molar-refractivity contribution in [2.75, 3.05) is 12.3 Å². The maximum atomic E-state index is 12.1. The molecule has 25 heavy (non-hydrogen) atoms. The number of ether oxygens (including phenoxy) is 1. The second-order valence-electron chi connectivity index (χ2n) is 5.60. The van der Waals surface area contributed by atoms with Crippen LogP contribution in [0.1, 0.15) is 18.1 Å². The molecule has 0 saturated carbocycles. The van der Waals surface area contributed by atoms with Gasteiger partial charge < -0.3 is 10.1 Å². The zero-order chi connectivity index (χ0) is 18.2. The quantitative estimate of drug-likeness (QED) is 0.628. The molecule has 0 saturated heterocycles. The third-order valence-corrected chi connectivity index (χ3v) is 5.18. The number of halogens is 2. The molecule has 0 radical (unpaired) electrons. The monoisotopic (exact) mass is 397 g/mol. The minimum Gasteiger partial charge on any atom is -0.481 e. The van der Waals surface area contributed by atoms with Crippen LogP contribution < -0.4 is 10.1 Å².